The third kappa shape index (κ3) is 2.76. The standard InChI is InChI=1S/C15H25N/c1-11(2)16-8-7-13-5-4-6-14-9-12(3)10-15(13)14/h4-6,11-12,14-16H,7-10H2,1-3H3. The minimum Gasteiger partial charge on any atom is -0.314 e. The van der Waals surface area contributed by atoms with Crippen molar-refractivity contribution in [2.24, 2.45) is 17.8 Å². The molecule has 1 nitrogen and oxygen atoms in total. The maximum Gasteiger partial charge on any atom is 0.00105 e. The smallest absolute Gasteiger partial charge is 0.00105 e. The first-order valence-electron chi connectivity index (χ1n) is 6.77. The Morgan fingerprint density at radius 1 is 1.38 bits per heavy atom. The second-order valence-corrected chi connectivity index (χ2v) is 5.83. The molecule has 2 aliphatic rings. The molecule has 0 spiro atoms. The third-order valence-corrected chi connectivity index (χ3v) is 3.96. The van der Waals surface area contributed by atoms with Crippen molar-refractivity contribution >= 4 is 0 Å². The molecule has 0 amide bonds. The van der Waals surface area contributed by atoms with Crippen LogP contribution in [-0.4, -0.2) is 12.6 Å². The summed E-state index contributed by atoms with van der Waals surface area (Å²) in [6, 6.07) is 0.609. The van der Waals surface area contributed by atoms with Gasteiger partial charge < -0.3 is 5.32 Å². The summed E-state index contributed by atoms with van der Waals surface area (Å²) in [5.74, 6) is 2.61. The van der Waals surface area contributed by atoms with Crippen molar-refractivity contribution in [3.8, 4) is 0 Å². The van der Waals surface area contributed by atoms with E-state index >= 15 is 0 Å². The molecule has 0 aliphatic heterocycles. The average Bonchev–Trinajstić information content (AvgIpc) is 2.58. The van der Waals surface area contributed by atoms with Gasteiger partial charge in [-0.1, -0.05) is 44.6 Å². The molecule has 3 atom stereocenters. The van der Waals surface area contributed by atoms with Gasteiger partial charge in [-0.05, 0) is 43.6 Å². The molecule has 1 saturated carbocycles. The Kier molecular flexibility index (Phi) is 3.86. The first-order chi connectivity index (χ1) is 7.66. The fourth-order valence-electron chi connectivity index (χ4n) is 3.19. The summed E-state index contributed by atoms with van der Waals surface area (Å²) >= 11 is 0. The second kappa shape index (κ2) is 5.18. The van der Waals surface area contributed by atoms with Crippen LogP contribution in [0.3, 0.4) is 0 Å². The van der Waals surface area contributed by atoms with E-state index in [1.54, 1.807) is 5.57 Å². The number of nitrogens with one attached hydrogen (secondary N) is 1. The van der Waals surface area contributed by atoms with Gasteiger partial charge in [-0.2, -0.15) is 0 Å². The molecule has 0 saturated heterocycles. The molecule has 0 aromatic rings. The Balaban J connectivity index is 1.89. The molecule has 0 aromatic heterocycles. The summed E-state index contributed by atoms with van der Waals surface area (Å²) in [7, 11) is 0. The lowest BCUT2D eigenvalue weighted by atomic mass is 9.83. The molecule has 1 fully saturated rings. The molecule has 0 radical (unpaired) electrons. The highest BCUT2D eigenvalue weighted by Crippen LogP contribution is 2.43. The van der Waals surface area contributed by atoms with E-state index in [-0.39, 0.29) is 0 Å². The summed E-state index contributed by atoms with van der Waals surface area (Å²) in [5, 5.41) is 3.52. The number of allylic oxidation sites excluding steroid dienone is 3. The fourth-order valence-corrected chi connectivity index (χ4v) is 3.19. The molecule has 2 rings (SSSR count). The van der Waals surface area contributed by atoms with Crippen LogP contribution in [0.4, 0.5) is 0 Å². The number of rotatable bonds is 4. The topological polar surface area (TPSA) is 12.0 Å². The van der Waals surface area contributed by atoms with Crippen LogP contribution in [0.5, 0.6) is 0 Å². The Morgan fingerprint density at radius 2 is 2.19 bits per heavy atom. The van der Waals surface area contributed by atoms with E-state index in [4.69, 9.17) is 0 Å². The van der Waals surface area contributed by atoms with E-state index in [1.807, 2.05) is 0 Å². The van der Waals surface area contributed by atoms with E-state index < -0.39 is 0 Å². The van der Waals surface area contributed by atoms with E-state index in [0.29, 0.717) is 6.04 Å². The van der Waals surface area contributed by atoms with Gasteiger partial charge in [0.15, 0.2) is 0 Å². The maximum absolute atomic E-state index is 3.52. The zero-order valence-corrected chi connectivity index (χ0v) is 10.9. The second-order valence-electron chi connectivity index (χ2n) is 5.83. The highest BCUT2D eigenvalue weighted by atomic mass is 14.9. The van der Waals surface area contributed by atoms with Crippen molar-refractivity contribution in [1.29, 1.82) is 0 Å². The summed E-state index contributed by atoms with van der Waals surface area (Å²) in [5.41, 5.74) is 1.69. The zero-order chi connectivity index (χ0) is 11.5. The number of fused-ring (bicyclic) bond motifs is 1. The fraction of sp³-hybridized carbons (Fsp3) is 0.733. The zero-order valence-electron chi connectivity index (χ0n) is 10.9. The molecule has 2 aliphatic carbocycles. The molecule has 1 heteroatoms. The summed E-state index contributed by atoms with van der Waals surface area (Å²) in [6.45, 7) is 7.97. The summed E-state index contributed by atoms with van der Waals surface area (Å²) < 4.78 is 0. The lowest BCUT2D eigenvalue weighted by Crippen LogP contribution is -2.25. The monoisotopic (exact) mass is 219 g/mol. The third-order valence-electron chi connectivity index (χ3n) is 3.96. The van der Waals surface area contributed by atoms with Crippen LogP contribution in [0.15, 0.2) is 23.8 Å². The van der Waals surface area contributed by atoms with Gasteiger partial charge in [0, 0.05) is 6.04 Å². The van der Waals surface area contributed by atoms with E-state index in [1.165, 1.54) is 19.3 Å². The van der Waals surface area contributed by atoms with Crippen molar-refractivity contribution in [2.45, 2.75) is 46.1 Å². The maximum atomic E-state index is 3.52. The van der Waals surface area contributed by atoms with Gasteiger partial charge in [-0.15, -0.1) is 0 Å². The molecule has 16 heavy (non-hydrogen) atoms. The predicted octanol–water partition coefficient (Wildman–Crippen LogP) is 3.53. The number of hydrogen-bond donors (Lipinski definition) is 1. The van der Waals surface area contributed by atoms with Crippen molar-refractivity contribution in [2.75, 3.05) is 6.54 Å². The van der Waals surface area contributed by atoms with Gasteiger partial charge in [0.1, 0.15) is 0 Å². The van der Waals surface area contributed by atoms with Crippen molar-refractivity contribution in [3.63, 3.8) is 0 Å². The lowest BCUT2D eigenvalue weighted by molar-refractivity contribution is 0.489. The highest BCUT2D eigenvalue weighted by molar-refractivity contribution is 5.25. The highest BCUT2D eigenvalue weighted by Gasteiger charge is 2.33. The Morgan fingerprint density at radius 3 is 2.94 bits per heavy atom. The van der Waals surface area contributed by atoms with Gasteiger partial charge >= 0.3 is 0 Å². The van der Waals surface area contributed by atoms with E-state index in [0.717, 1.165) is 24.3 Å². The quantitative estimate of drug-likeness (QED) is 0.762. The van der Waals surface area contributed by atoms with Crippen LogP contribution in [0.25, 0.3) is 0 Å². The first kappa shape index (κ1) is 11.9. The average molecular weight is 219 g/mol. The van der Waals surface area contributed by atoms with Gasteiger partial charge in [0.2, 0.25) is 0 Å². The van der Waals surface area contributed by atoms with Crippen molar-refractivity contribution < 1.29 is 0 Å². The Bertz CT molecular complexity index is 288. The molecule has 0 heterocycles. The molecule has 90 valence electrons. The van der Waals surface area contributed by atoms with Crippen LogP contribution < -0.4 is 5.32 Å². The van der Waals surface area contributed by atoms with Crippen molar-refractivity contribution in [1.82, 2.24) is 5.32 Å². The van der Waals surface area contributed by atoms with Crippen LogP contribution in [0.1, 0.15) is 40.0 Å². The molecular formula is C15H25N. The lowest BCUT2D eigenvalue weighted by Gasteiger charge is -2.23. The van der Waals surface area contributed by atoms with E-state index in [9.17, 15) is 0 Å². The van der Waals surface area contributed by atoms with Crippen LogP contribution >= 0.6 is 0 Å². The first-order valence-corrected chi connectivity index (χ1v) is 6.77. The normalized spacial score (nSPS) is 33.0. The minimum atomic E-state index is 0.609. The largest absolute Gasteiger partial charge is 0.314 e. The van der Waals surface area contributed by atoms with Gasteiger partial charge in [-0.3, -0.25) is 0 Å². The SMILES string of the molecule is CC1CC2C=CC=C(CCNC(C)C)C2C1. The van der Waals surface area contributed by atoms with Crippen LogP contribution in [0.2, 0.25) is 0 Å². The molecule has 3 unspecified atom stereocenters. The minimum absolute atomic E-state index is 0.609. The summed E-state index contributed by atoms with van der Waals surface area (Å²) in [6.07, 6.45) is 11.1. The van der Waals surface area contributed by atoms with Gasteiger partial charge in [0.05, 0.1) is 0 Å². The Hall–Kier alpha value is -0.560. The van der Waals surface area contributed by atoms with E-state index in [2.05, 4.69) is 44.3 Å². The van der Waals surface area contributed by atoms with Gasteiger partial charge in [0.25, 0.3) is 0 Å². The molecule has 0 bridgehead atoms. The summed E-state index contributed by atoms with van der Waals surface area (Å²) in [4.78, 5) is 0. The van der Waals surface area contributed by atoms with Gasteiger partial charge in [-0.25, -0.2) is 0 Å². The van der Waals surface area contributed by atoms with Crippen molar-refractivity contribution in [3.05, 3.63) is 23.8 Å². The Labute approximate surface area is 100 Å². The molecule has 1 N–H and O–H groups in total. The number of hydrogen-bond acceptors (Lipinski definition) is 1. The molecular weight excluding hydrogens is 194 g/mol. The predicted molar refractivity (Wildman–Crippen MR) is 70.4 cm³/mol. The van der Waals surface area contributed by atoms with Crippen LogP contribution in [-0.2, 0) is 0 Å². The molecule has 0 aromatic carbocycles. The van der Waals surface area contributed by atoms with Crippen LogP contribution in [0, 0.1) is 17.8 Å².